The van der Waals surface area contributed by atoms with Crippen LogP contribution in [0, 0.1) is 0 Å². The van der Waals surface area contributed by atoms with E-state index in [0.717, 1.165) is 48.9 Å². The fourth-order valence-corrected chi connectivity index (χ4v) is 3.82. The number of pyridine rings is 1. The maximum absolute atomic E-state index is 6.13. The van der Waals surface area contributed by atoms with Crippen molar-refractivity contribution in [3.8, 4) is 11.6 Å². The summed E-state index contributed by atoms with van der Waals surface area (Å²) in [7, 11) is 0. The van der Waals surface area contributed by atoms with Crippen molar-refractivity contribution < 1.29 is 4.74 Å². The van der Waals surface area contributed by atoms with E-state index in [1.54, 1.807) is 18.6 Å². The van der Waals surface area contributed by atoms with Crippen LogP contribution in [0.4, 0.5) is 11.5 Å². The van der Waals surface area contributed by atoms with E-state index in [1.807, 2.05) is 42.5 Å². The van der Waals surface area contributed by atoms with Gasteiger partial charge in [-0.3, -0.25) is 9.88 Å². The number of piperidine rings is 1. The highest BCUT2D eigenvalue weighted by atomic mass is 16.5. The molecule has 1 N–H and O–H groups in total. The van der Waals surface area contributed by atoms with Crippen molar-refractivity contribution in [3.05, 3.63) is 66.7 Å². The van der Waals surface area contributed by atoms with Crippen LogP contribution >= 0.6 is 0 Å². The van der Waals surface area contributed by atoms with Crippen molar-refractivity contribution in [1.29, 1.82) is 0 Å². The Labute approximate surface area is 178 Å². The lowest BCUT2D eigenvalue weighted by Crippen LogP contribution is -2.45. The van der Waals surface area contributed by atoms with E-state index < -0.39 is 0 Å². The number of nitrogens with one attached hydrogen (secondary N) is 1. The quantitative estimate of drug-likeness (QED) is 0.617. The lowest BCUT2D eigenvalue weighted by Gasteiger charge is -2.40. The number of hydrogen-bond donors (Lipinski definition) is 1. The zero-order chi connectivity index (χ0) is 21.0. The molecule has 0 unspecified atom stereocenters. The second kappa shape index (κ2) is 8.79. The third kappa shape index (κ3) is 4.94. The number of nitrogens with zero attached hydrogens (tertiary/aromatic N) is 4. The predicted octanol–water partition coefficient (Wildman–Crippen LogP) is 5.39. The molecule has 0 spiro atoms. The molecule has 1 fully saturated rings. The minimum Gasteiger partial charge on any atom is -0.437 e. The fourth-order valence-electron chi connectivity index (χ4n) is 3.82. The largest absolute Gasteiger partial charge is 0.437 e. The minimum absolute atomic E-state index is 0.206. The topological polar surface area (TPSA) is 63.2 Å². The second-order valence-corrected chi connectivity index (χ2v) is 8.65. The van der Waals surface area contributed by atoms with Gasteiger partial charge in [-0.2, -0.15) is 0 Å². The average Bonchev–Trinajstić information content (AvgIpc) is 2.76. The summed E-state index contributed by atoms with van der Waals surface area (Å²) in [5.74, 6) is 2.54. The molecule has 0 amide bonds. The lowest BCUT2D eigenvalue weighted by molar-refractivity contribution is 0.101. The first-order valence-corrected chi connectivity index (χ1v) is 10.5. The summed E-state index contributed by atoms with van der Waals surface area (Å²) in [6.45, 7) is 8.96. The van der Waals surface area contributed by atoms with Crippen molar-refractivity contribution in [2.75, 3.05) is 18.4 Å². The van der Waals surface area contributed by atoms with Gasteiger partial charge in [0.15, 0.2) is 0 Å². The van der Waals surface area contributed by atoms with E-state index in [4.69, 9.17) is 4.74 Å². The maximum Gasteiger partial charge on any atom is 0.241 e. The Morgan fingerprint density at radius 3 is 2.30 bits per heavy atom. The molecule has 30 heavy (non-hydrogen) atoms. The summed E-state index contributed by atoms with van der Waals surface area (Å²) in [4.78, 5) is 15.9. The smallest absolute Gasteiger partial charge is 0.241 e. The number of rotatable bonds is 5. The fraction of sp³-hybridized carbons (Fsp3) is 0.375. The van der Waals surface area contributed by atoms with E-state index in [2.05, 4.69) is 45.9 Å². The zero-order valence-corrected chi connectivity index (χ0v) is 17.9. The number of anilines is 2. The van der Waals surface area contributed by atoms with Gasteiger partial charge < -0.3 is 10.1 Å². The summed E-state index contributed by atoms with van der Waals surface area (Å²) in [6.07, 6.45) is 7.36. The first-order chi connectivity index (χ1) is 14.5. The molecule has 1 aliphatic rings. The third-order valence-corrected chi connectivity index (χ3v) is 5.53. The van der Waals surface area contributed by atoms with Gasteiger partial charge in [0, 0.05) is 35.7 Å². The molecule has 3 heterocycles. The van der Waals surface area contributed by atoms with Crippen LogP contribution in [0.25, 0.3) is 0 Å². The van der Waals surface area contributed by atoms with Crippen LogP contribution in [-0.4, -0.2) is 38.5 Å². The predicted molar refractivity (Wildman–Crippen MR) is 119 cm³/mol. The van der Waals surface area contributed by atoms with Gasteiger partial charge in [-0.15, -0.1) is 0 Å². The highest BCUT2D eigenvalue weighted by molar-refractivity contribution is 5.57. The van der Waals surface area contributed by atoms with E-state index in [-0.39, 0.29) is 5.54 Å². The minimum atomic E-state index is 0.206. The Morgan fingerprint density at radius 1 is 0.900 bits per heavy atom. The van der Waals surface area contributed by atoms with Crippen molar-refractivity contribution in [3.63, 3.8) is 0 Å². The van der Waals surface area contributed by atoms with Crippen molar-refractivity contribution in [2.24, 2.45) is 0 Å². The molecular formula is C24H29N5O. The zero-order valence-electron chi connectivity index (χ0n) is 17.9. The molecular weight excluding hydrogens is 374 g/mol. The molecule has 1 aromatic carbocycles. The van der Waals surface area contributed by atoms with Gasteiger partial charge in [0.05, 0.1) is 0 Å². The molecule has 2 aromatic heterocycles. The molecule has 0 bridgehead atoms. The monoisotopic (exact) mass is 403 g/mol. The maximum atomic E-state index is 6.13. The number of aromatic nitrogens is 3. The van der Waals surface area contributed by atoms with Crippen molar-refractivity contribution in [1.82, 2.24) is 19.9 Å². The van der Waals surface area contributed by atoms with Gasteiger partial charge in [-0.1, -0.05) is 6.07 Å². The van der Waals surface area contributed by atoms with Crippen molar-refractivity contribution in [2.45, 2.75) is 45.1 Å². The van der Waals surface area contributed by atoms with Crippen molar-refractivity contribution >= 4 is 11.5 Å². The molecule has 156 valence electrons. The number of benzene rings is 1. The summed E-state index contributed by atoms with van der Waals surface area (Å²) in [5.41, 5.74) is 2.12. The number of likely N-dealkylation sites (tertiary alicyclic amines) is 1. The molecule has 3 aromatic rings. The normalized spacial score (nSPS) is 15.7. The Balaban J connectivity index is 1.43. The lowest BCUT2D eigenvalue weighted by atomic mass is 9.90. The molecule has 1 aliphatic heterocycles. The highest BCUT2D eigenvalue weighted by Crippen LogP contribution is 2.35. The Kier molecular flexibility index (Phi) is 5.95. The molecule has 0 atom stereocenters. The van der Waals surface area contributed by atoms with Gasteiger partial charge in [-0.25, -0.2) is 9.97 Å². The van der Waals surface area contributed by atoms with E-state index in [0.29, 0.717) is 11.8 Å². The average molecular weight is 404 g/mol. The molecule has 6 nitrogen and oxygen atoms in total. The van der Waals surface area contributed by atoms with Gasteiger partial charge in [0.1, 0.15) is 17.3 Å². The third-order valence-electron chi connectivity index (χ3n) is 5.53. The van der Waals surface area contributed by atoms with Crippen LogP contribution in [0.2, 0.25) is 0 Å². The first-order valence-electron chi connectivity index (χ1n) is 10.5. The van der Waals surface area contributed by atoms with Gasteiger partial charge in [0.2, 0.25) is 5.88 Å². The second-order valence-electron chi connectivity index (χ2n) is 8.65. The van der Waals surface area contributed by atoms with Crippen LogP contribution in [0.15, 0.2) is 61.1 Å². The molecule has 0 saturated carbocycles. The van der Waals surface area contributed by atoms with Crippen LogP contribution in [-0.2, 0) is 0 Å². The number of ether oxygens (including phenoxy) is 1. The molecule has 6 heteroatoms. The van der Waals surface area contributed by atoms with Crippen LogP contribution in [0.5, 0.6) is 11.6 Å². The van der Waals surface area contributed by atoms with Crippen LogP contribution in [0.3, 0.4) is 0 Å². The van der Waals surface area contributed by atoms with E-state index in [1.165, 1.54) is 0 Å². The Bertz CT molecular complexity index is 945. The summed E-state index contributed by atoms with van der Waals surface area (Å²) < 4.78 is 6.13. The standard InChI is InChI=1S/C24H29N5O/c1-24(2,3)29-16-11-18(12-17-29)22-23(27-15-14-26-22)30-20-9-7-19(8-10-20)28-21-6-4-5-13-25-21/h4-10,13-15,18H,11-12,16-17H2,1-3H3,(H,25,28). The summed E-state index contributed by atoms with van der Waals surface area (Å²) in [5, 5.41) is 3.28. The van der Waals surface area contributed by atoms with Gasteiger partial charge in [-0.05, 0) is 83.1 Å². The SMILES string of the molecule is CC(C)(C)N1CCC(c2nccnc2Oc2ccc(Nc3ccccn3)cc2)CC1. The summed E-state index contributed by atoms with van der Waals surface area (Å²) in [6, 6.07) is 13.6. The first kappa shape index (κ1) is 20.3. The van der Waals surface area contributed by atoms with Crippen LogP contribution in [0.1, 0.15) is 45.2 Å². The van der Waals surface area contributed by atoms with Gasteiger partial charge in [0.25, 0.3) is 0 Å². The van der Waals surface area contributed by atoms with Crippen LogP contribution < -0.4 is 10.1 Å². The van der Waals surface area contributed by atoms with E-state index in [9.17, 15) is 0 Å². The van der Waals surface area contributed by atoms with E-state index >= 15 is 0 Å². The molecule has 0 aliphatic carbocycles. The summed E-state index contributed by atoms with van der Waals surface area (Å²) >= 11 is 0. The van der Waals surface area contributed by atoms with Gasteiger partial charge >= 0.3 is 0 Å². The molecule has 1 saturated heterocycles. The molecule has 4 rings (SSSR count). The Hall–Kier alpha value is -2.99. The Morgan fingerprint density at radius 2 is 1.63 bits per heavy atom. The molecule has 0 radical (unpaired) electrons. The highest BCUT2D eigenvalue weighted by Gasteiger charge is 2.30. The number of hydrogen-bond acceptors (Lipinski definition) is 6.